The van der Waals surface area contributed by atoms with Crippen LogP contribution in [-0.2, 0) is 4.74 Å². The Bertz CT molecular complexity index is 510. The van der Waals surface area contributed by atoms with E-state index in [9.17, 15) is 4.79 Å². The summed E-state index contributed by atoms with van der Waals surface area (Å²) in [6.45, 7) is 5.16. The summed E-state index contributed by atoms with van der Waals surface area (Å²) < 4.78 is 9.99. The second kappa shape index (κ2) is 5.32. The molecule has 0 aliphatic carbocycles. The Morgan fingerprint density at radius 2 is 1.94 bits per heavy atom. The molecule has 5 nitrogen and oxygen atoms in total. The Morgan fingerprint density at radius 1 is 1.33 bits per heavy atom. The molecule has 0 unspecified atom stereocenters. The SMILES string of the molecule is CC(C)(C)OC(=O)Oc1ccccc1C(=N)C#N. The molecule has 0 radical (unpaired) electrons. The van der Waals surface area contributed by atoms with Gasteiger partial charge in [0.1, 0.15) is 23.1 Å². The quantitative estimate of drug-likeness (QED) is 0.494. The van der Waals surface area contributed by atoms with Gasteiger partial charge in [-0.05, 0) is 32.9 Å². The average molecular weight is 246 g/mol. The van der Waals surface area contributed by atoms with E-state index in [0.29, 0.717) is 0 Å². The van der Waals surface area contributed by atoms with Crippen LogP contribution >= 0.6 is 0 Å². The summed E-state index contributed by atoms with van der Waals surface area (Å²) in [6.07, 6.45) is -0.860. The van der Waals surface area contributed by atoms with Crippen molar-refractivity contribution in [3.63, 3.8) is 0 Å². The molecule has 1 aromatic carbocycles. The van der Waals surface area contributed by atoms with Crippen molar-refractivity contribution in [2.75, 3.05) is 0 Å². The van der Waals surface area contributed by atoms with E-state index < -0.39 is 11.8 Å². The predicted octanol–water partition coefficient (Wildman–Crippen LogP) is 2.89. The van der Waals surface area contributed by atoms with Gasteiger partial charge in [-0.3, -0.25) is 5.41 Å². The van der Waals surface area contributed by atoms with Crippen LogP contribution in [0.25, 0.3) is 0 Å². The molecule has 0 aromatic heterocycles. The van der Waals surface area contributed by atoms with Gasteiger partial charge in [0, 0.05) is 0 Å². The minimum Gasteiger partial charge on any atom is -0.428 e. The molecule has 0 saturated carbocycles. The Kier molecular flexibility index (Phi) is 4.05. The highest BCUT2D eigenvalue weighted by Crippen LogP contribution is 2.20. The van der Waals surface area contributed by atoms with Crippen LogP contribution in [0.5, 0.6) is 5.75 Å². The summed E-state index contributed by atoms with van der Waals surface area (Å²) >= 11 is 0. The maximum Gasteiger partial charge on any atom is 0.514 e. The highest BCUT2D eigenvalue weighted by atomic mass is 16.7. The molecule has 0 aliphatic rings. The normalized spacial score (nSPS) is 10.3. The van der Waals surface area contributed by atoms with Crippen molar-refractivity contribution in [3.8, 4) is 11.8 Å². The Morgan fingerprint density at radius 3 is 2.50 bits per heavy atom. The van der Waals surface area contributed by atoms with E-state index in [0.717, 1.165) is 0 Å². The first kappa shape index (κ1) is 13.7. The molecule has 94 valence electrons. The van der Waals surface area contributed by atoms with Crippen molar-refractivity contribution in [2.45, 2.75) is 26.4 Å². The van der Waals surface area contributed by atoms with Gasteiger partial charge in [-0.1, -0.05) is 12.1 Å². The number of hydrogen-bond donors (Lipinski definition) is 1. The number of ether oxygens (including phenoxy) is 2. The largest absolute Gasteiger partial charge is 0.514 e. The van der Waals surface area contributed by atoms with Crippen LogP contribution in [0, 0.1) is 16.7 Å². The topological polar surface area (TPSA) is 83.2 Å². The van der Waals surface area contributed by atoms with Gasteiger partial charge in [-0.2, -0.15) is 5.26 Å². The first-order valence-electron chi connectivity index (χ1n) is 5.32. The molecule has 0 amide bonds. The molecule has 0 atom stereocenters. The second-order valence-electron chi connectivity index (χ2n) is 4.55. The molecule has 18 heavy (non-hydrogen) atoms. The van der Waals surface area contributed by atoms with Crippen molar-refractivity contribution >= 4 is 11.9 Å². The highest BCUT2D eigenvalue weighted by molar-refractivity contribution is 6.11. The molecular weight excluding hydrogens is 232 g/mol. The van der Waals surface area contributed by atoms with E-state index in [1.54, 1.807) is 39.0 Å². The molecule has 1 rings (SSSR count). The average Bonchev–Trinajstić information content (AvgIpc) is 2.26. The fourth-order valence-electron chi connectivity index (χ4n) is 1.18. The van der Waals surface area contributed by atoms with Crippen molar-refractivity contribution in [1.82, 2.24) is 0 Å². The molecule has 0 spiro atoms. The molecule has 0 fully saturated rings. The number of carbonyl (C=O) groups excluding carboxylic acids is 1. The molecule has 0 heterocycles. The lowest BCUT2D eigenvalue weighted by atomic mass is 10.1. The van der Waals surface area contributed by atoms with Crippen LogP contribution in [-0.4, -0.2) is 17.5 Å². The number of carbonyl (C=O) groups is 1. The zero-order valence-electron chi connectivity index (χ0n) is 10.5. The number of nitrogens with zero attached hydrogens (tertiary/aromatic N) is 1. The minimum atomic E-state index is -0.860. The van der Waals surface area contributed by atoms with Gasteiger partial charge in [0.15, 0.2) is 0 Å². The molecule has 0 aliphatic heterocycles. The fourth-order valence-corrected chi connectivity index (χ4v) is 1.18. The van der Waals surface area contributed by atoms with E-state index in [2.05, 4.69) is 0 Å². The molecule has 1 aromatic rings. The van der Waals surface area contributed by atoms with Crippen molar-refractivity contribution < 1.29 is 14.3 Å². The zero-order valence-corrected chi connectivity index (χ0v) is 10.5. The van der Waals surface area contributed by atoms with Crippen LogP contribution < -0.4 is 4.74 Å². The summed E-state index contributed by atoms with van der Waals surface area (Å²) in [5, 5.41) is 16.1. The first-order valence-corrected chi connectivity index (χ1v) is 5.32. The van der Waals surface area contributed by atoms with Crippen molar-refractivity contribution in [3.05, 3.63) is 29.8 Å². The van der Waals surface area contributed by atoms with Crippen molar-refractivity contribution in [2.24, 2.45) is 0 Å². The third kappa shape index (κ3) is 3.91. The maximum absolute atomic E-state index is 11.5. The highest BCUT2D eigenvalue weighted by Gasteiger charge is 2.19. The first-order chi connectivity index (χ1) is 8.33. The smallest absolute Gasteiger partial charge is 0.428 e. The number of hydrogen-bond acceptors (Lipinski definition) is 5. The lowest BCUT2D eigenvalue weighted by Crippen LogP contribution is -2.26. The van der Waals surface area contributed by atoms with Crippen LogP contribution in [0.4, 0.5) is 4.79 Å². The van der Waals surface area contributed by atoms with Crippen LogP contribution in [0.3, 0.4) is 0 Å². The fraction of sp³-hybridized carbons (Fsp3) is 0.308. The lowest BCUT2D eigenvalue weighted by molar-refractivity contribution is 0.0206. The standard InChI is InChI=1S/C13H14N2O3/c1-13(2,3)18-12(16)17-11-7-5-4-6-9(11)10(15)8-14/h4-7,15H,1-3H3. The van der Waals surface area contributed by atoms with E-state index >= 15 is 0 Å². The van der Waals surface area contributed by atoms with Gasteiger partial charge in [0.05, 0.1) is 5.56 Å². The molecule has 5 heteroatoms. The summed E-state index contributed by atoms with van der Waals surface area (Å²) in [4.78, 5) is 11.5. The molecule has 0 bridgehead atoms. The number of nitrogens with one attached hydrogen (secondary N) is 1. The van der Waals surface area contributed by atoms with Gasteiger partial charge in [-0.25, -0.2) is 4.79 Å². The van der Waals surface area contributed by atoms with Gasteiger partial charge in [0.25, 0.3) is 0 Å². The lowest BCUT2D eigenvalue weighted by Gasteiger charge is -2.19. The predicted molar refractivity (Wildman–Crippen MR) is 65.7 cm³/mol. The van der Waals surface area contributed by atoms with Gasteiger partial charge in [-0.15, -0.1) is 0 Å². The van der Waals surface area contributed by atoms with Crippen LogP contribution in [0.1, 0.15) is 26.3 Å². The molecule has 0 saturated heterocycles. The van der Waals surface area contributed by atoms with Gasteiger partial charge < -0.3 is 9.47 Å². The third-order valence-corrected chi connectivity index (χ3v) is 1.85. The van der Waals surface area contributed by atoms with Crippen molar-refractivity contribution in [1.29, 1.82) is 10.7 Å². The second-order valence-corrected chi connectivity index (χ2v) is 4.55. The number of rotatable bonds is 2. The van der Waals surface area contributed by atoms with E-state index in [-0.39, 0.29) is 17.0 Å². The van der Waals surface area contributed by atoms with Gasteiger partial charge in [0.2, 0.25) is 0 Å². The number of para-hydroxylation sites is 1. The summed E-state index contributed by atoms with van der Waals surface area (Å²) in [6, 6.07) is 8.04. The van der Waals surface area contributed by atoms with Crippen LogP contribution in [0.2, 0.25) is 0 Å². The Hall–Kier alpha value is -2.35. The number of benzene rings is 1. The molecule has 1 N–H and O–H groups in total. The summed E-state index contributed by atoms with van der Waals surface area (Å²) in [5.41, 5.74) is -0.672. The number of nitriles is 1. The zero-order chi connectivity index (χ0) is 13.8. The molecular formula is C13H14N2O3. The maximum atomic E-state index is 11.5. The van der Waals surface area contributed by atoms with E-state index in [1.807, 2.05) is 0 Å². The Balaban J connectivity index is 2.89. The monoisotopic (exact) mass is 246 g/mol. The van der Waals surface area contributed by atoms with Gasteiger partial charge >= 0.3 is 6.16 Å². The van der Waals surface area contributed by atoms with Crippen LogP contribution in [0.15, 0.2) is 24.3 Å². The van der Waals surface area contributed by atoms with E-state index in [4.69, 9.17) is 20.1 Å². The Labute approximate surface area is 105 Å². The third-order valence-electron chi connectivity index (χ3n) is 1.85. The summed E-state index contributed by atoms with van der Waals surface area (Å²) in [7, 11) is 0. The summed E-state index contributed by atoms with van der Waals surface area (Å²) in [5.74, 6) is 0.137. The minimum absolute atomic E-state index is 0.137. The van der Waals surface area contributed by atoms with E-state index in [1.165, 1.54) is 12.1 Å².